The van der Waals surface area contributed by atoms with Gasteiger partial charge in [0.25, 0.3) is 5.89 Å². The van der Waals surface area contributed by atoms with Crippen molar-refractivity contribution < 1.29 is 37.0 Å². The van der Waals surface area contributed by atoms with Crippen LogP contribution in [0.15, 0.2) is 10.5 Å². The number of aromatic nitrogens is 3. The molecule has 2 aromatic rings. The molecule has 2 aromatic heterocycles. The topological polar surface area (TPSA) is 123 Å². The number of nitrogens with zero attached hydrogens (tertiary/aromatic N) is 4. The molecule has 2 N–H and O–H groups in total. The number of ether oxygens (including phenoxy) is 2. The number of pyridine rings is 1. The van der Waals surface area contributed by atoms with Crippen LogP contribution in [0.4, 0.5) is 29.5 Å². The molecule has 3 aliphatic heterocycles. The van der Waals surface area contributed by atoms with Gasteiger partial charge in [-0.25, -0.2) is 9.78 Å². The van der Waals surface area contributed by atoms with E-state index >= 15 is 0 Å². The summed E-state index contributed by atoms with van der Waals surface area (Å²) in [5, 5.41) is 22.7. The molecule has 1 amide bonds. The zero-order chi connectivity index (χ0) is 29.4. The number of anilines is 2. The zero-order valence-corrected chi connectivity index (χ0v) is 23.7. The second kappa shape index (κ2) is 11.4. The summed E-state index contributed by atoms with van der Waals surface area (Å²) in [6.07, 6.45) is 0.435. The number of hydrogen-bond donors (Lipinski definition) is 2. The highest BCUT2D eigenvalue weighted by atomic mass is 19.4. The first-order chi connectivity index (χ1) is 19.3. The van der Waals surface area contributed by atoms with Crippen molar-refractivity contribution in [2.75, 3.05) is 30.0 Å². The lowest BCUT2D eigenvalue weighted by molar-refractivity contribution is -0.137. The maximum absolute atomic E-state index is 14.5. The summed E-state index contributed by atoms with van der Waals surface area (Å²) in [6.45, 7) is 6.37. The van der Waals surface area contributed by atoms with Crippen LogP contribution in [0.3, 0.4) is 0 Å². The van der Waals surface area contributed by atoms with E-state index in [2.05, 4.69) is 20.5 Å². The van der Waals surface area contributed by atoms with Crippen molar-refractivity contribution >= 4 is 17.6 Å². The van der Waals surface area contributed by atoms with Gasteiger partial charge in [0.15, 0.2) is 5.69 Å². The maximum Gasteiger partial charge on any atom is 0.420 e. The normalized spacial score (nSPS) is 24.5. The lowest BCUT2D eigenvalue weighted by Crippen LogP contribution is -2.39. The lowest BCUT2D eigenvalue weighted by Gasteiger charge is -2.36. The number of amides is 1. The summed E-state index contributed by atoms with van der Waals surface area (Å²) >= 11 is 0. The van der Waals surface area contributed by atoms with Crippen LogP contribution >= 0.6 is 0 Å². The van der Waals surface area contributed by atoms with Gasteiger partial charge in [0.1, 0.15) is 22.6 Å². The fourth-order valence-electron chi connectivity index (χ4n) is 6.12. The summed E-state index contributed by atoms with van der Waals surface area (Å²) in [6, 6.07) is 0.744. The maximum atomic E-state index is 14.5. The fraction of sp³-hybridized carbons (Fsp3) is 0.714. The van der Waals surface area contributed by atoms with Crippen molar-refractivity contribution in [3.05, 3.63) is 17.5 Å². The molecule has 0 spiro atoms. The van der Waals surface area contributed by atoms with E-state index in [0.717, 1.165) is 31.7 Å². The number of halogens is 3. The van der Waals surface area contributed by atoms with Crippen molar-refractivity contribution in [1.82, 2.24) is 15.2 Å². The van der Waals surface area contributed by atoms with Crippen LogP contribution < -0.4 is 10.2 Å². The van der Waals surface area contributed by atoms with Gasteiger partial charge in [0, 0.05) is 31.7 Å². The Kier molecular flexibility index (Phi) is 8.21. The molecule has 2 atom stereocenters. The Hall–Kier alpha value is -2.93. The number of hydrogen-bond acceptors (Lipinski definition) is 9. The molecule has 41 heavy (non-hydrogen) atoms. The summed E-state index contributed by atoms with van der Waals surface area (Å²) in [4.78, 5) is 18.9. The van der Waals surface area contributed by atoms with Gasteiger partial charge in [0.05, 0.1) is 5.69 Å². The van der Waals surface area contributed by atoms with Crippen molar-refractivity contribution in [1.29, 1.82) is 0 Å². The molecular formula is C28H38F3N5O5. The van der Waals surface area contributed by atoms with E-state index in [-0.39, 0.29) is 40.9 Å². The molecule has 5 heterocycles. The Labute approximate surface area is 237 Å². The van der Waals surface area contributed by atoms with Crippen LogP contribution in [0.5, 0.6) is 0 Å². The average Bonchev–Trinajstić information content (AvgIpc) is 3.57. The number of nitrogens with one attached hydrogen (secondary N) is 1. The minimum atomic E-state index is -4.74. The molecule has 2 saturated heterocycles. The van der Waals surface area contributed by atoms with E-state index in [1.165, 1.54) is 0 Å². The van der Waals surface area contributed by atoms with Gasteiger partial charge < -0.3 is 23.9 Å². The predicted octanol–water partition coefficient (Wildman–Crippen LogP) is 6.04. The number of fused-ring (bicyclic) bond motifs is 7. The van der Waals surface area contributed by atoms with E-state index in [1.54, 1.807) is 25.7 Å². The third kappa shape index (κ3) is 6.45. The van der Waals surface area contributed by atoms with Gasteiger partial charge in [-0.15, -0.1) is 10.2 Å². The van der Waals surface area contributed by atoms with Gasteiger partial charge in [-0.3, -0.25) is 5.32 Å². The highest BCUT2D eigenvalue weighted by Crippen LogP contribution is 2.45. The summed E-state index contributed by atoms with van der Waals surface area (Å²) in [5.74, 6) is -0.624. The van der Waals surface area contributed by atoms with Crippen molar-refractivity contribution in [3.63, 3.8) is 0 Å². The third-order valence-electron chi connectivity index (χ3n) is 8.08. The number of carbonyl (C=O) groups is 1. The van der Waals surface area contributed by atoms with E-state index in [4.69, 9.17) is 13.9 Å². The quantitative estimate of drug-likeness (QED) is 0.437. The monoisotopic (exact) mass is 581 g/mol. The SMILES string of the molecule is CC(C)(C)OC(=O)Nc1cc(C(F)(F)F)c2nc1-c1nnc(o1)C(O)(C1CCOCC1)CCCCC[C@@H]1CCCN21. The van der Waals surface area contributed by atoms with Crippen molar-refractivity contribution in [3.8, 4) is 11.6 Å². The minimum Gasteiger partial charge on any atom is -0.444 e. The number of aliphatic hydroxyl groups is 1. The van der Waals surface area contributed by atoms with E-state index < -0.39 is 29.0 Å². The van der Waals surface area contributed by atoms with Crippen LogP contribution in [0, 0.1) is 5.92 Å². The molecule has 2 fully saturated rings. The third-order valence-corrected chi connectivity index (χ3v) is 8.08. The molecule has 226 valence electrons. The first kappa shape index (κ1) is 29.6. The molecule has 1 unspecified atom stereocenters. The highest BCUT2D eigenvalue weighted by molar-refractivity contribution is 5.90. The highest BCUT2D eigenvalue weighted by Gasteiger charge is 2.45. The first-order valence-electron chi connectivity index (χ1n) is 14.4. The zero-order valence-electron chi connectivity index (χ0n) is 23.7. The van der Waals surface area contributed by atoms with Crippen LogP contribution in [0.25, 0.3) is 11.6 Å². The minimum absolute atomic E-state index is 0.0121. The number of alkyl halides is 3. The van der Waals surface area contributed by atoms with Crippen molar-refractivity contribution in [2.24, 2.45) is 5.92 Å². The molecule has 10 nitrogen and oxygen atoms in total. The molecule has 5 rings (SSSR count). The Morgan fingerprint density at radius 2 is 1.83 bits per heavy atom. The van der Waals surface area contributed by atoms with Crippen LogP contribution in [0.1, 0.15) is 90.0 Å². The second-order valence-electron chi connectivity index (χ2n) is 12.2. The molecule has 4 bridgehead atoms. The summed E-state index contributed by atoms with van der Waals surface area (Å²) in [7, 11) is 0. The number of carbonyl (C=O) groups excluding carboxylic acids is 1. The van der Waals surface area contributed by atoms with Crippen LogP contribution in [0.2, 0.25) is 0 Å². The Bertz CT molecular complexity index is 1240. The lowest BCUT2D eigenvalue weighted by atomic mass is 9.78. The Morgan fingerprint density at radius 3 is 2.54 bits per heavy atom. The predicted molar refractivity (Wildman–Crippen MR) is 143 cm³/mol. The molecule has 13 heteroatoms. The van der Waals surface area contributed by atoms with E-state index in [1.807, 2.05) is 0 Å². The molecule has 0 aromatic carbocycles. The van der Waals surface area contributed by atoms with Gasteiger partial charge >= 0.3 is 12.3 Å². The van der Waals surface area contributed by atoms with Crippen LogP contribution in [-0.4, -0.2) is 57.8 Å². The first-order valence-corrected chi connectivity index (χ1v) is 14.4. The van der Waals surface area contributed by atoms with Gasteiger partial charge in [-0.05, 0) is 65.4 Å². The average molecular weight is 582 g/mol. The molecule has 0 aliphatic carbocycles. The summed E-state index contributed by atoms with van der Waals surface area (Å²) in [5.41, 5.74) is -3.67. The van der Waals surface area contributed by atoms with Crippen LogP contribution in [-0.2, 0) is 21.3 Å². The second-order valence-corrected chi connectivity index (χ2v) is 12.2. The Morgan fingerprint density at radius 1 is 1.10 bits per heavy atom. The smallest absolute Gasteiger partial charge is 0.420 e. The largest absolute Gasteiger partial charge is 0.444 e. The number of rotatable bonds is 2. The van der Waals surface area contributed by atoms with Crippen molar-refractivity contribution in [2.45, 2.75) is 102 Å². The molecule has 3 aliphatic rings. The van der Waals surface area contributed by atoms with Gasteiger partial charge in [0.2, 0.25) is 5.89 Å². The Balaban J connectivity index is 1.66. The molecule has 0 radical (unpaired) electrons. The molecule has 0 saturated carbocycles. The standard InChI is InChI=1S/C28H38F3N5O5/c1-26(2,3)41-25(37)32-20-16-19(28(29,30)31)22-33-21(20)23-34-35-24(40-23)27(38,17-10-14-39-15-11-17)12-6-4-5-8-18-9-7-13-36(18)22/h16-18,38H,4-15H2,1-3H3,(H,32,37)/t18-,27?/m1/s1. The fourth-order valence-corrected chi connectivity index (χ4v) is 6.12. The summed E-state index contributed by atoms with van der Waals surface area (Å²) < 4.78 is 60.3. The van der Waals surface area contributed by atoms with Gasteiger partial charge in [-0.2, -0.15) is 13.2 Å². The van der Waals surface area contributed by atoms with E-state index in [0.29, 0.717) is 51.9 Å². The van der Waals surface area contributed by atoms with Gasteiger partial charge in [-0.1, -0.05) is 19.3 Å². The molecular weight excluding hydrogens is 543 g/mol. The van der Waals surface area contributed by atoms with E-state index in [9.17, 15) is 23.1 Å².